The number of carbonyl (C=O) groups is 3. The summed E-state index contributed by atoms with van der Waals surface area (Å²) in [7, 11) is 0. The van der Waals surface area contributed by atoms with Gasteiger partial charge < -0.3 is 14.6 Å². The molecule has 1 aliphatic heterocycles. The number of anilines is 1. The van der Waals surface area contributed by atoms with Crippen molar-refractivity contribution in [2.45, 2.75) is 40.2 Å². The van der Waals surface area contributed by atoms with Crippen LogP contribution in [0, 0.1) is 19.7 Å². The smallest absolute Gasteiger partial charge is 0.350 e. The van der Waals surface area contributed by atoms with Crippen molar-refractivity contribution < 1.29 is 33.4 Å². The number of thiazole rings is 1. The summed E-state index contributed by atoms with van der Waals surface area (Å²) in [5.41, 5.74) is 1.54. The van der Waals surface area contributed by atoms with Crippen LogP contribution in [0.3, 0.4) is 0 Å². The van der Waals surface area contributed by atoms with E-state index < -0.39 is 29.5 Å². The van der Waals surface area contributed by atoms with Crippen LogP contribution in [0.15, 0.2) is 48.0 Å². The number of ether oxygens (including phenoxy) is 2. The third-order valence-corrected chi connectivity index (χ3v) is 7.14. The summed E-state index contributed by atoms with van der Waals surface area (Å²) >= 11 is 0.907. The number of aryl methyl sites for hydroxylation is 2. The van der Waals surface area contributed by atoms with Gasteiger partial charge in [0.15, 0.2) is 5.13 Å². The van der Waals surface area contributed by atoms with E-state index >= 15 is 0 Å². The van der Waals surface area contributed by atoms with Crippen LogP contribution < -0.4 is 9.64 Å². The molecule has 0 radical (unpaired) electrons. The minimum atomic E-state index is -1.10. The Morgan fingerprint density at radius 1 is 1.13 bits per heavy atom. The molecule has 1 saturated heterocycles. The molecule has 0 aliphatic carbocycles. The first-order chi connectivity index (χ1) is 18.2. The Balaban J connectivity index is 1.87. The van der Waals surface area contributed by atoms with Gasteiger partial charge in [-0.05, 0) is 68.7 Å². The van der Waals surface area contributed by atoms with E-state index in [-0.39, 0.29) is 27.9 Å². The molecule has 10 heteroatoms. The molecule has 0 spiro atoms. The maximum absolute atomic E-state index is 13.8. The molecule has 38 heavy (non-hydrogen) atoms. The average molecular weight is 539 g/mol. The van der Waals surface area contributed by atoms with Gasteiger partial charge in [-0.2, -0.15) is 0 Å². The largest absolute Gasteiger partial charge is 0.507 e. The van der Waals surface area contributed by atoms with Gasteiger partial charge in [0.05, 0.1) is 30.5 Å². The molecule has 1 amide bonds. The number of rotatable bonds is 8. The Bertz CT molecular complexity index is 1430. The second kappa shape index (κ2) is 11.1. The van der Waals surface area contributed by atoms with Gasteiger partial charge >= 0.3 is 11.9 Å². The molecule has 1 fully saturated rings. The van der Waals surface area contributed by atoms with Gasteiger partial charge in [-0.1, -0.05) is 30.4 Å². The molecule has 0 bridgehead atoms. The van der Waals surface area contributed by atoms with Crippen molar-refractivity contribution in [1.29, 1.82) is 0 Å². The standard InChI is InChI=1S/C28H27FN2O6S/c1-5-13-37-19-11-12-20(15(3)14-19)23(32)21-22(17-7-9-18(29)10-8-17)31(26(34)24(21)33)28-30-16(4)25(38-28)27(35)36-6-2/h7-12,14,22,32H,5-6,13H2,1-4H3/t22-/m0/s1. The molecular weight excluding hydrogens is 511 g/mol. The summed E-state index contributed by atoms with van der Waals surface area (Å²) in [5.74, 6) is -2.71. The third kappa shape index (κ3) is 5.04. The molecule has 198 valence electrons. The second-order valence-electron chi connectivity index (χ2n) is 8.68. The predicted molar refractivity (Wildman–Crippen MR) is 141 cm³/mol. The second-order valence-corrected chi connectivity index (χ2v) is 9.65. The van der Waals surface area contributed by atoms with Crippen LogP contribution in [0.2, 0.25) is 0 Å². The Hall–Kier alpha value is -4.05. The van der Waals surface area contributed by atoms with E-state index in [1.165, 1.54) is 24.3 Å². The van der Waals surface area contributed by atoms with Gasteiger partial charge in [-0.25, -0.2) is 14.2 Å². The lowest BCUT2D eigenvalue weighted by atomic mass is 9.94. The van der Waals surface area contributed by atoms with Crippen molar-refractivity contribution in [2.75, 3.05) is 18.1 Å². The van der Waals surface area contributed by atoms with E-state index in [9.17, 15) is 23.9 Å². The zero-order valence-electron chi connectivity index (χ0n) is 21.4. The van der Waals surface area contributed by atoms with Gasteiger partial charge in [-0.3, -0.25) is 14.5 Å². The Labute approximate surface area is 223 Å². The molecule has 1 aliphatic rings. The van der Waals surface area contributed by atoms with Crippen molar-refractivity contribution in [3.8, 4) is 5.75 Å². The summed E-state index contributed by atoms with van der Waals surface area (Å²) in [6, 6.07) is 9.22. The molecule has 1 atom stereocenters. The summed E-state index contributed by atoms with van der Waals surface area (Å²) in [4.78, 5) is 44.8. The maximum Gasteiger partial charge on any atom is 0.350 e. The minimum absolute atomic E-state index is 0.0843. The van der Waals surface area contributed by atoms with Crippen LogP contribution >= 0.6 is 11.3 Å². The van der Waals surface area contributed by atoms with Gasteiger partial charge in [-0.15, -0.1) is 0 Å². The normalized spacial score (nSPS) is 16.7. The van der Waals surface area contributed by atoms with Crippen LogP contribution in [0.1, 0.15) is 58.4 Å². The first-order valence-electron chi connectivity index (χ1n) is 12.1. The molecular formula is C28H27FN2O6S. The minimum Gasteiger partial charge on any atom is -0.507 e. The number of aromatic nitrogens is 1. The number of hydrogen-bond donors (Lipinski definition) is 1. The monoisotopic (exact) mass is 538 g/mol. The Kier molecular flexibility index (Phi) is 7.91. The lowest BCUT2D eigenvalue weighted by molar-refractivity contribution is -0.132. The number of carbonyl (C=O) groups excluding carboxylic acids is 3. The number of hydrogen-bond acceptors (Lipinski definition) is 8. The molecule has 3 aromatic rings. The number of amides is 1. The molecule has 2 heterocycles. The highest BCUT2D eigenvalue weighted by Gasteiger charge is 2.48. The van der Waals surface area contributed by atoms with Gasteiger partial charge in [0.1, 0.15) is 22.2 Å². The fraction of sp³-hybridized carbons (Fsp3) is 0.286. The van der Waals surface area contributed by atoms with Crippen LogP contribution in [-0.2, 0) is 14.3 Å². The van der Waals surface area contributed by atoms with Crippen LogP contribution in [0.5, 0.6) is 5.75 Å². The molecule has 4 rings (SSSR count). The van der Waals surface area contributed by atoms with E-state index in [1.54, 1.807) is 39.0 Å². The first-order valence-corrected chi connectivity index (χ1v) is 12.9. The number of esters is 1. The SMILES string of the molecule is CCCOc1ccc(C(O)=C2C(=O)C(=O)N(c3nc(C)c(C(=O)OCC)s3)[C@H]2c2ccc(F)cc2)c(C)c1. The highest BCUT2D eigenvalue weighted by molar-refractivity contribution is 7.17. The van der Waals surface area contributed by atoms with Gasteiger partial charge in [0.25, 0.3) is 5.78 Å². The van der Waals surface area contributed by atoms with E-state index in [0.29, 0.717) is 34.7 Å². The number of Topliss-reactive ketones (excluding diaryl/α,β-unsaturated/α-hetero) is 1. The lowest BCUT2D eigenvalue weighted by Crippen LogP contribution is -2.29. The quantitative estimate of drug-likeness (QED) is 0.175. The third-order valence-electron chi connectivity index (χ3n) is 6.01. The van der Waals surface area contributed by atoms with Crippen LogP contribution in [0.25, 0.3) is 5.76 Å². The maximum atomic E-state index is 13.8. The van der Waals surface area contributed by atoms with E-state index in [2.05, 4.69) is 4.98 Å². The number of aliphatic hydroxyl groups excluding tert-OH is 1. The molecule has 0 unspecified atom stereocenters. The number of ketones is 1. The van der Waals surface area contributed by atoms with Gasteiger partial charge in [0, 0.05) is 5.56 Å². The van der Waals surface area contributed by atoms with Crippen LogP contribution in [-0.4, -0.2) is 41.0 Å². The summed E-state index contributed by atoms with van der Waals surface area (Å²) in [6.07, 6.45) is 0.829. The lowest BCUT2D eigenvalue weighted by Gasteiger charge is -2.23. The van der Waals surface area contributed by atoms with E-state index in [0.717, 1.165) is 22.7 Å². The van der Waals surface area contributed by atoms with Gasteiger partial charge in [0.2, 0.25) is 0 Å². The van der Waals surface area contributed by atoms with Crippen molar-refractivity contribution in [3.63, 3.8) is 0 Å². The van der Waals surface area contributed by atoms with Crippen molar-refractivity contribution in [3.05, 3.63) is 81.1 Å². The molecule has 1 N–H and O–H groups in total. The van der Waals surface area contributed by atoms with E-state index in [4.69, 9.17) is 9.47 Å². The topological polar surface area (TPSA) is 106 Å². The molecule has 8 nitrogen and oxygen atoms in total. The Morgan fingerprint density at radius 3 is 2.47 bits per heavy atom. The number of benzene rings is 2. The average Bonchev–Trinajstić information content (AvgIpc) is 3.39. The molecule has 1 aromatic heterocycles. The van der Waals surface area contributed by atoms with E-state index in [1.807, 2.05) is 6.92 Å². The first kappa shape index (κ1) is 27.0. The molecule has 2 aromatic carbocycles. The fourth-order valence-electron chi connectivity index (χ4n) is 4.22. The Morgan fingerprint density at radius 2 is 1.84 bits per heavy atom. The van der Waals surface area contributed by atoms with Crippen LogP contribution in [0.4, 0.5) is 9.52 Å². The summed E-state index contributed by atoms with van der Waals surface area (Å²) in [5, 5.41) is 11.5. The highest BCUT2D eigenvalue weighted by Crippen LogP contribution is 2.44. The zero-order valence-corrected chi connectivity index (χ0v) is 22.2. The summed E-state index contributed by atoms with van der Waals surface area (Å²) < 4.78 is 24.5. The highest BCUT2D eigenvalue weighted by atomic mass is 32.1. The number of aliphatic hydroxyl groups is 1. The predicted octanol–water partition coefficient (Wildman–Crippen LogP) is 5.49. The van der Waals surface area contributed by atoms with Crippen molar-refractivity contribution >= 4 is 39.9 Å². The number of halogens is 1. The van der Waals surface area contributed by atoms with Crippen molar-refractivity contribution in [1.82, 2.24) is 4.98 Å². The van der Waals surface area contributed by atoms with Crippen molar-refractivity contribution in [2.24, 2.45) is 0 Å². The summed E-state index contributed by atoms with van der Waals surface area (Å²) in [6.45, 7) is 7.70. The molecule has 0 saturated carbocycles. The number of nitrogens with zero attached hydrogens (tertiary/aromatic N) is 2. The fourth-order valence-corrected chi connectivity index (χ4v) is 5.21. The zero-order chi connectivity index (χ0) is 27.6.